The number of unbranched alkanes of at least 4 members (excludes halogenated alkanes) is 1. The second-order valence-corrected chi connectivity index (χ2v) is 5.90. The van der Waals surface area contributed by atoms with Crippen LogP contribution in [-0.2, 0) is 16.6 Å². The van der Waals surface area contributed by atoms with Crippen molar-refractivity contribution in [2.45, 2.75) is 25.5 Å². The molecule has 3 N–H and O–H groups in total. The second-order valence-electron chi connectivity index (χ2n) is 4.32. The summed E-state index contributed by atoms with van der Waals surface area (Å²) in [4.78, 5) is 4.18. The fourth-order valence-electron chi connectivity index (χ4n) is 1.54. The van der Waals surface area contributed by atoms with E-state index in [1.165, 1.54) is 0 Å². The largest absolute Gasteiger partial charge is 0.370 e. The maximum absolute atomic E-state index is 11.8. The molecule has 0 radical (unpaired) electrons. The van der Waals surface area contributed by atoms with Crippen LogP contribution in [0.25, 0.3) is 0 Å². The van der Waals surface area contributed by atoms with Crippen LogP contribution in [-0.4, -0.2) is 29.0 Å². The summed E-state index contributed by atoms with van der Waals surface area (Å²) in [7, 11) is -0.868. The van der Waals surface area contributed by atoms with Crippen LogP contribution in [0.4, 0.5) is 0 Å². The summed E-state index contributed by atoms with van der Waals surface area (Å²) in [6.45, 7) is 3.47. The molecule has 1 unspecified atom stereocenters. The van der Waals surface area contributed by atoms with Crippen molar-refractivity contribution in [3.05, 3.63) is 35.9 Å². The molecule has 0 saturated heterocycles. The molecule has 0 aromatic heterocycles. The minimum Gasteiger partial charge on any atom is -0.370 e. The molecular formula is C14H24IN3OS. The van der Waals surface area contributed by atoms with Gasteiger partial charge in [-0.15, -0.1) is 24.0 Å². The second kappa shape index (κ2) is 12.1. The third kappa shape index (κ3) is 9.30. The predicted octanol–water partition coefficient (Wildman–Crippen LogP) is 2.26. The third-order valence-electron chi connectivity index (χ3n) is 2.60. The molecule has 0 spiro atoms. The van der Waals surface area contributed by atoms with Gasteiger partial charge in [-0.05, 0) is 12.0 Å². The molecule has 0 bridgehead atoms. The maximum atomic E-state index is 11.8. The lowest BCUT2D eigenvalue weighted by Gasteiger charge is -2.06. The number of nitrogens with zero attached hydrogens (tertiary/aromatic N) is 1. The van der Waals surface area contributed by atoms with Crippen molar-refractivity contribution < 1.29 is 4.21 Å². The first-order chi connectivity index (χ1) is 9.22. The number of nitrogens with one attached hydrogen (secondary N) is 1. The van der Waals surface area contributed by atoms with Gasteiger partial charge < -0.3 is 11.1 Å². The highest BCUT2D eigenvalue weighted by atomic mass is 127. The van der Waals surface area contributed by atoms with Gasteiger partial charge in [0.25, 0.3) is 0 Å². The molecule has 0 heterocycles. The van der Waals surface area contributed by atoms with Crippen molar-refractivity contribution in [1.82, 2.24) is 5.32 Å². The predicted molar refractivity (Wildman–Crippen MR) is 98.0 cm³/mol. The number of halogens is 1. The molecule has 1 aromatic rings. The average molecular weight is 409 g/mol. The Morgan fingerprint density at radius 2 is 2.05 bits per heavy atom. The van der Waals surface area contributed by atoms with Gasteiger partial charge in [-0.2, -0.15) is 0 Å². The van der Waals surface area contributed by atoms with Gasteiger partial charge in [0.15, 0.2) is 5.96 Å². The van der Waals surface area contributed by atoms with E-state index in [0.717, 1.165) is 24.9 Å². The monoisotopic (exact) mass is 409 g/mol. The van der Waals surface area contributed by atoms with Gasteiger partial charge in [0.2, 0.25) is 0 Å². The molecule has 1 aromatic carbocycles. The Bertz CT molecular complexity index is 412. The van der Waals surface area contributed by atoms with Gasteiger partial charge in [0, 0.05) is 35.4 Å². The zero-order valence-electron chi connectivity index (χ0n) is 11.9. The summed E-state index contributed by atoms with van der Waals surface area (Å²) in [5.41, 5.74) is 6.80. The Hall–Kier alpha value is -0.630. The lowest BCUT2D eigenvalue weighted by molar-refractivity contribution is 0.681. The number of nitrogens with two attached hydrogens (primary N) is 1. The standard InChI is InChI=1S/C14H23N3OS.HI/c1-2-3-9-16-14(15)17-10-11-19(18)12-13-7-5-4-6-8-13;/h4-8H,2-3,9-12H2,1H3,(H3,15,16,17);1H. The molecule has 1 atom stereocenters. The van der Waals surface area contributed by atoms with Crippen molar-refractivity contribution >= 4 is 40.7 Å². The summed E-state index contributed by atoms with van der Waals surface area (Å²) in [5.74, 6) is 1.62. The molecule has 0 fully saturated rings. The zero-order chi connectivity index (χ0) is 13.9. The number of hydrogen-bond acceptors (Lipinski definition) is 2. The number of aliphatic imine (C=N–C) groups is 1. The molecule has 0 aliphatic heterocycles. The smallest absolute Gasteiger partial charge is 0.188 e. The minimum absolute atomic E-state index is 0. The van der Waals surface area contributed by atoms with E-state index in [9.17, 15) is 4.21 Å². The molecule has 0 amide bonds. The van der Waals surface area contributed by atoms with E-state index in [-0.39, 0.29) is 24.0 Å². The molecule has 0 aliphatic carbocycles. The van der Waals surface area contributed by atoms with Gasteiger partial charge >= 0.3 is 0 Å². The Balaban J connectivity index is 0.00000361. The van der Waals surface area contributed by atoms with Gasteiger partial charge in [-0.1, -0.05) is 43.7 Å². The molecule has 6 heteroatoms. The fraction of sp³-hybridized carbons (Fsp3) is 0.500. The first-order valence-electron chi connectivity index (χ1n) is 6.65. The van der Waals surface area contributed by atoms with Crippen LogP contribution in [0.3, 0.4) is 0 Å². The van der Waals surface area contributed by atoms with Crippen molar-refractivity contribution in [2.75, 3.05) is 18.8 Å². The minimum atomic E-state index is -0.868. The Morgan fingerprint density at radius 1 is 1.35 bits per heavy atom. The Labute approximate surface area is 141 Å². The van der Waals surface area contributed by atoms with E-state index in [1.807, 2.05) is 30.3 Å². The highest BCUT2D eigenvalue weighted by Gasteiger charge is 2.01. The SMILES string of the molecule is CCCCN=C(N)NCCS(=O)Cc1ccccc1.I. The molecule has 1 rings (SSSR count). The maximum Gasteiger partial charge on any atom is 0.188 e. The molecule has 4 nitrogen and oxygen atoms in total. The van der Waals surface area contributed by atoms with E-state index < -0.39 is 10.8 Å². The number of benzene rings is 1. The summed E-state index contributed by atoms with van der Waals surface area (Å²) in [6, 6.07) is 9.87. The first kappa shape index (κ1) is 19.4. The van der Waals surface area contributed by atoms with Crippen molar-refractivity contribution in [1.29, 1.82) is 0 Å². The molecule has 20 heavy (non-hydrogen) atoms. The van der Waals surface area contributed by atoms with E-state index in [1.54, 1.807) is 0 Å². The molecule has 114 valence electrons. The van der Waals surface area contributed by atoms with Gasteiger partial charge in [-0.3, -0.25) is 9.20 Å². The van der Waals surface area contributed by atoms with E-state index in [2.05, 4.69) is 17.2 Å². The quantitative estimate of drug-likeness (QED) is 0.300. The van der Waals surface area contributed by atoms with Crippen LogP contribution >= 0.6 is 24.0 Å². The van der Waals surface area contributed by atoms with E-state index in [4.69, 9.17) is 5.73 Å². The summed E-state index contributed by atoms with van der Waals surface area (Å²) < 4.78 is 11.8. The zero-order valence-corrected chi connectivity index (χ0v) is 15.0. The lowest BCUT2D eigenvalue weighted by atomic mass is 10.2. The fourth-order valence-corrected chi connectivity index (χ4v) is 2.58. The van der Waals surface area contributed by atoms with Crippen LogP contribution in [0.2, 0.25) is 0 Å². The normalized spacial score (nSPS) is 12.6. The van der Waals surface area contributed by atoms with E-state index >= 15 is 0 Å². The topological polar surface area (TPSA) is 67.5 Å². The summed E-state index contributed by atoms with van der Waals surface area (Å²) in [6.07, 6.45) is 2.15. The first-order valence-corrected chi connectivity index (χ1v) is 8.14. The van der Waals surface area contributed by atoms with Crippen molar-refractivity contribution in [3.63, 3.8) is 0 Å². The van der Waals surface area contributed by atoms with Gasteiger partial charge in [-0.25, -0.2) is 0 Å². The Kier molecular flexibility index (Phi) is 11.8. The van der Waals surface area contributed by atoms with Crippen LogP contribution in [0.15, 0.2) is 35.3 Å². The average Bonchev–Trinajstić information content (AvgIpc) is 2.40. The molecule has 0 saturated carbocycles. The van der Waals surface area contributed by atoms with Crippen LogP contribution in [0, 0.1) is 0 Å². The molecular weight excluding hydrogens is 385 g/mol. The molecule has 0 aliphatic rings. The highest BCUT2D eigenvalue weighted by Crippen LogP contribution is 2.02. The number of hydrogen-bond donors (Lipinski definition) is 2. The van der Waals surface area contributed by atoms with Crippen LogP contribution in [0.5, 0.6) is 0 Å². The highest BCUT2D eigenvalue weighted by molar-refractivity contribution is 14.0. The third-order valence-corrected chi connectivity index (χ3v) is 3.91. The summed E-state index contributed by atoms with van der Waals surface area (Å²) in [5, 5.41) is 2.99. The van der Waals surface area contributed by atoms with Crippen molar-refractivity contribution in [3.8, 4) is 0 Å². The van der Waals surface area contributed by atoms with Crippen LogP contribution < -0.4 is 11.1 Å². The Morgan fingerprint density at radius 3 is 2.70 bits per heavy atom. The van der Waals surface area contributed by atoms with E-state index in [0.29, 0.717) is 24.0 Å². The van der Waals surface area contributed by atoms with Gasteiger partial charge in [0.1, 0.15) is 0 Å². The summed E-state index contributed by atoms with van der Waals surface area (Å²) >= 11 is 0. The van der Waals surface area contributed by atoms with Crippen LogP contribution in [0.1, 0.15) is 25.3 Å². The van der Waals surface area contributed by atoms with Crippen molar-refractivity contribution in [2.24, 2.45) is 10.7 Å². The van der Waals surface area contributed by atoms with Gasteiger partial charge in [0.05, 0.1) is 0 Å². The lowest BCUT2D eigenvalue weighted by Crippen LogP contribution is -2.34. The number of rotatable bonds is 8. The number of guanidine groups is 1.